The number of aliphatic hydroxyl groups is 1. The van der Waals surface area contributed by atoms with E-state index in [0.29, 0.717) is 95.3 Å². The van der Waals surface area contributed by atoms with Gasteiger partial charge in [-0.25, -0.2) is 0 Å². The molecule has 6 aliphatic heterocycles. The minimum atomic E-state index is -1.07. The van der Waals surface area contributed by atoms with E-state index < -0.39 is 59.2 Å². The van der Waals surface area contributed by atoms with Crippen LogP contribution in [0.4, 0.5) is 0 Å². The molecule has 6 aliphatic rings. The number of aliphatic hydroxyl groups excluding tert-OH is 1. The van der Waals surface area contributed by atoms with E-state index in [0.717, 1.165) is 34.6 Å². The first-order valence-corrected chi connectivity index (χ1v) is 41.6. The van der Waals surface area contributed by atoms with Crippen LogP contribution in [0, 0.1) is 47.3 Å². The molecule has 120 heavy (non-hydrogen) atoms. The molecule has 0 aromatic heterocycles. The van der Waals surface area contributed by atoms with Crippen molar-refractivity contribution in [1.82, 2.24) is 42.5 Å². The average molecular weight is 1700 g/mol. The van der Waals surface area contributed by atoms with Gasteiger partial charge in [0, 0.05) is 106 Å². The van der Waals surface area contributed by atoms with Crippen molar-refractivity contribution in [3.05, 3.63) is 96.1 Å². The van der Waals surface area contributed by atoms with Crippen LogP contribution in [0.25, 0.3) is 21.5 Å². The van der Waals surface area contributed by atoms with Crippen LogP contribution in [-0.4, -0.2) is 301 Å². The van der Waals surface area contributed by atoms with Crippen molar-refractivity contribution in [1.29, 1.82) is 0 Å². The molecular weight excluding hydrogens is 1550 g/mol. The second kappa shape index (κ2) is 50.5. The number of carbonyl (C=O) groups is 6. The number of ketones is 1. The number of fused-ring (bicyclic) bond motifs is 2. The zero-order chi connectivity index (χ0) is 89.3. The molecule has 32 nitrogen and oxygen atoms in total. The lowest BCUT2D eigenvalue weighted by Crippen LogP contribution is -2.65. The normalized spacial score (nSPS) is 26.0. The summed E-state index contributed by atoms with van der Waals surface area (Å²) < 4.78 is 86.3. The number of likely N-dealkylation sites (N-methyl/N-ethyl adjacent to an activating group) is 3. The van der Waals surface area contributed by atoms with Gasteiger partial charge in [0.2, 0.25) is 46.7 Å². The molecule has 0 unspecified atom stereocenters. The first-order chi connectivity index (χ1) is 57.1. The van der Waals surface area contributed by atoms with E-state index in [1.54, 1.807) is 68.9 Å². The number of carbonyl (C=O) groups excluding carboxylic acids is 6. The summed E-state index contributed by atoms with van der Waals surface area (Å²) in [5.74, 6) is -4.11. The number of nitrogens with one attached hydrogen (secondary N) is 8. The van der Waals surface area contributed by atoms with Crippen molar-refractivity contribution in [3.63, 3.8) is 0 Å². The van der Waals surface area contributed by atoms with Gasteiger partial charge in [0.1, 0.15) is 51.7 Å². The van der Waals surface area contributed by atoms with E-state index in [-0.39, 0.29) is 114 Å². The molecule has 6 fully saturated rings. The first-order valence-electron chi connectivity index (χ1n) is 41.6. The van der Waals surface area contributed by atoms with Crippen LogP contribution >= 0.6 is 0 Å². The lowest BCUT2D eigenvalue weighted by Gasteiger charge is -2.45. The maximum Gasteiger partial charge on any atom is 0.251 e. The van der Waals surface area contributed by atoms with Crippen LogP contribution in [0.5, 0.6) is 0 Å². The number of Topliss-reactive ketones (excluding diaryl/α,β-unsaturated/α-hetero) is 1. The topological polar surface area (TPSA) is 393 Å². The fourth-order valence-corrected chi connectivity index (χ4v) is 15.8. The summed E-state index contributed by atoms with van der Waals surface area (Å²) in [6, 6.07) is 23.6. The molecule has 6 saturated heterocycles. The number of amides is 5. The molecule has 10 rings (SSSR count). The maximum absolute atomic E-state index is 13.3. The highest BCUT2D eigenvalue weighted by Crippen LogP contribution is 2.33. The summed E-state index contributed by atoms with van der Waals surface area (Å²) in [6.45, 7) is 27.2. The Labute approximate surface area is 711 Å². The monoisotopic (exact) mass is 1700 g/mol. The minimum absolute atomic E-state index is 0.00752. The highest BCUT2D eigenvalue weighted by molar-refractivity contribution is 6.02. The Kier molecular flexibility index (Phi) is 43.8. The van der Waals surface area contributed by atoms with E-state index in [1.807, 2.05) is 135 Å². The number of rotatable bonds is 29. The smallest absolute Gasteiger partial charge is 0.251 e. The van der Waals surface area contributed by atoms with Crippen molar-refractivity contribution in [2.45, 2.75) is 185 Å². The lowest BCUT2D eigenvalue weighted by atomic mass is 9.91. The molecule has 4 aromatic rings. The second-order valence-electron chi connectivity index (χ2n) is 33.0. The van der Waals surface area contributed by atoms with Gasteiger partial charge in [0.05, 0.1) is 88.0 Å². The van der Waals surface area contributed by atoms with Gasteiger partial charge in [-0.05, 0) is 110 Å². The highest BCUT2D eigenvalue weighted by Gasteiger charge is 2.51. The van der Waals surface area contributed by atoms with Crippen LogP contribution in [0.15, 0.2) is 84.9 Å². The molecular formula is C88H145N9O23. The van der Waals surface area contributed by atoms with E-state index in [1.165, 1.54) is 28.4 Å². The van der Waals surface area contributed by atoms with Gasteiger partial charge in [0.15, 0.2) is 5.78 Å². The Morgan fingerprint density at radius 1 is 0.408 bits per heavy atom. The molecule has 0 spiro atoms. The van der Waals surface area contributed by atoms with Crippen molar-refractivity contribution in [2.75, 3.05) is 172 Å². The largest absolute Gasteiger partial charge is 0.389 e. The van der Waals surface area contributed by atoms with Gasteiger partial charge in [-0.15, -0.1) is 0 Å². The molecule has 680 valence electrons. The summed E-state index contributed by atoms with van der Waals surface area (Å²) >= 11 is 0. The Hall–Kier alpha value is -6.42. The van der Waals surface area contributed by atoms with Crippen molar-refractivity contribution in [3.8, 4) is 0 Å². The SMILES string of the molecule is CC(C)C[C@H](NC(=O)c1ccc2ccccc2c1)C(=O)N[C@@H]1C(=O)COC[C@@H]1C.CN[C@@H](CC(C)C)C(=O)N[C@H]1[C@@H](C)COCC1(OC)OC.CN[C@H]1[C@@H](C)COCC1(OC)OC.CN[C@H]1[C@@H](O)COCC1(OC)OC.COC1(OC)COC[C@H](C)[C@@H]1N.COC1(OC)COC[C@H](C)[C@@H]1NC(=O)[C@H](CC(C)C)NC(=O)c1ccc2ccccc2c1. The quantitative estimate of drug-likeness (QED) is 0.0290. The average Bonchev–Trinajstić information content (AvgIpc) is 0.795. The van der Waals surface area contributed by atoms with E-state index in [9.17, 15) is 33.9 Å². The molecule has 0 aliphatic carbocycles. The molecule has 11 N–H and O–H groups in total. The fraction of sp³-hybridized carbons (Fsp3) is 0.705. The van der Waals surface area contributed by atoms with Crippen molar-refractivity contribution in [2.24, 2.45) is 53.1 Å². The number of hydrogen-bond donors (Lipinski definition) is 10. The molecule has 32 heteroatoms. The highest BCUT2D eigenvalue weighted by atomic mass is 16.7. The van der Waals surface area contributed by atoms with Gasteiger partial charge < -0.3 is 129 Å². The van der Waals surface area contributed by atoms with Gasteiger partial charge in [-0.1, -0.05) is 137 Å². The summed E-state index contributed by atoms with van der Waals surface area (Å²) in [7, 11) is 21.3. The number of ether oxygens (including phenoxy) is 16. The molecule has 4 aromatic carbocycles. The number of hydrogen-bond acceptors (Lipinski definition) is 27. The van der Waals surface area contributed by atoms with Gasteiger partial charge in [0.25, 0.3) is 11.8 Å². The van der Waals surface area contributed by atoms with E-state index in [4.69, 9.17) is 81.5 Å². The third-order valence-electron chi connectivity index (χ3n) is 23.0. The fourth-order valence-electron chi connectivity index (χ4n) is 15.8. The summed E-state index contributed by atoms with van der Waals surface area (Å²) in [6.07, 6.45) is 1.16. The number of benzene rings is 4. The summed E-state index contributed by atoms with van der Waals surface area (Å²) in [5, 5.41) is 37.7. The molecule has 6 heterocycles. The predicted octanol–water partition coefficient (Wildman–Crippen LogP) is 5.74. The molecule has 5 amide bonds. The van der Waals surface area contributed by atoms with Gasteiger partial charge in [-0.3, -0.25) is 28.8 Å². The van der Waals surface area contributed by atoms with E-state index >= 15 is 0 Å². The third kappa shape index (κ3) is 28.0. The van der Waals surface area contributed by atoms with Crippen LogP contribution in [0.2, 0.25) is 0 Å². The van der Waals surface area contributed by atoms with Crippen molar-refractivity contribution >= 4 is 56.9 Å². The lowest BCUT2D eigenvalue weighted by molar-refractivity contribution is -0.288. The first kappa shape index (κ1) is 104. The Morgan fingerprint density at radius 3 is 1.07 bits per heavy atom. The van der Waals surface area contributed by atoms with Gasteiger partial charge >= 0.3 is 0 Å². The maximum atomic E-state index is 13.3. The molecule has 0 saturated carbocycles. The van der Waals surface area contributed by atoms with Crippen LogP contribution in [0.3, 0.4) is 0 Å². The van der Waals surface area contributed by atoms with Crippen LogP contribution < -0.4 is 48.3 Å². The second-order valence-corrected chi connectivity index (χ2v) is 33.0. The molecule has 0 radical (unpaired) electrons. The molecule has 15 atom stereocenters. The zero-order valence-corrected chi connectivity index (χ0v) is 75.6. The standard InChI is InChI=1S/C25H34N2O5.C23H28N2O4.C15H30N2O4.C9H19NO3.C8H17NO4.C8H17NO3/c1-16(2)12-21(24(29)27-22-17(3)14-32-15-25(22,30-4)31-5)26-23(28)20-11-10-18-8-6-7-9-19(18)13-20;1-14(2)10-19(23(28)25-21-15(3)12-29-13-20(21)26)24-22(27)18-9-8-16-6-4-5-7-17(16)11-18;1-10(2)7-12(16-4)14(18)17-13-11(3)8-21-9-15(13,19-5)20-6;1-7-5-13-6-9(11-3,12-4)8(7)10-2;1-9-7-6(10)4-13-5-8(7,11-2)12-3;1-6-4-12-5-8(10-2,11-3)7(6)9/h6-11,13,16-17,21-22H,12,14-15H2,1-5H3,(H,26,28)(H,27,29);4-9,11,14-15,19,21H,10,12-13H2,1-3H3,(H,24,27)(H,25,28);10-13,16H,7-9H2,1-6H3,(H,17,18);7-8,10H,5-6H2,1-4H3;6-7,9-10H,4-5H2,1-3H3;6-7H,4-5,9H2,1-3H3/t17-,21-,22-;15-,19-,21-;11-,12-,13-;7-,8-;2*6-,7-/m000000/s1. The van der Waals surface area contributed by atoms with Gasteiger partial charge in [-0.2, -0.15) is 0 Å². The Bertz CT molecular complexity index is 3690. The third-order valence-corrected chi connectivity index (χ3v) is 23.0. The van der Waals surface area contributed by atoms with Crippen molar-refractivity contribution < 1.29 is 110 Å². The Balaban J connectivity index is 0.000000267. The predicted molar refractivity (Wildman–Crippen MR) is 457 cm³/mol. The minimum Gasteiger partial charge on any atom is -0.389 e. The summed E-state index contributed by atoms with van der Waals surface area (Å²) in [4.78, 5) is 76.7. The summed E-state index contributed by atoms with van der Waals surface area (Å²) in [5.41, 5.74) is 6.97. The number of methoxy groups -OCH3 is 10. The molecule has 0 bridgehead atoms. The van der Waals surface area contributed by atoms with Crippen LogP contribution in [-0.2, 0) is 95.0 Å². The van der Waals surface area contributed by atoms with E-state index in [2.05, 4.69) is 63.3 Å². The Morgan fingerprint density at radius 2 is 0.725 bits per heavy atom. The zero-order valence-electron chi connectivity index (χ0n) is 75.6. The van der Waals surface area contributed by atoms with Crippen LogP contribution in [0.1, 0.15) is 116 Å². The number of nitrogens with two attached hydrogens (primary N) is 1.